The van der Waals surface area contributed by atoms with Gasteiger partial charge in [0.2, 0.25) is 11.8 Å². The van der Waals surface area contributed by atoms with Gasteiger partial charge in [-0.25, -0.2) is 18.1 Å². The van der Waals surface area contributed by atoms with Gasteiger partial charge >= 0.3 is 0 Å². The second kappa shape index (κ2) is 8.02. The number of sulfonamides is 1. The zero-order valence-corrected chi connectivity index (χ0v) is 16.2. The highest BCUT2D eigenvalue weighted by Crippen LogP contribution is 2.34. The van der Waals surface area contributed by atoms with Crippen LogP contribution in [0, 0.1) is 0 Å². The molecule has 1 atom stereocenters. The second-order valence-electron chi connectivity index (χ2n) is 6.87. The Bertz CT molecular complexity index is 1060. The summed E-state index contributed by atoms with van der Waals surface area (Å²) in [6.07, 6.45) is 7.73. The quantitative estimate of drug-likeness (QED) is 0.604. The van der Waals surface area contributed by atoms with Crippen LogP contribution in [0.3, 0.4) is 0 Å². The molecule has 1 aliphatic carbocycles. The first-order valence-corrected chi connectivity index (χ1v) is 10.9. The van der Waals surface area contributed by atoms with Crippen LogP contribution < -0.4 is 4.72 Å². The van der Waals surface area contributed by atoms with Crippen molar-refractivity contribution in [1.82, 2.24) is 4.98 Å². The number of aromatic nitrogens is 1. The van der Waals surface area contributed by atoms with Crippen LogP contribution in [0.1, 0.15) is 42.3 Å². The first kappa shape index (κ1) is 18.5. The molecule has 2 aromatic carbocycles. The minimum absolute atomic E-state index is 0.0514. The fourth-order valence-corrected chi connectivity index (χ4v) is 4.39. The van der Waals surface area contributed by atoms with E-state index in [-0.39, 0.29) is 16.7 Å². The molecular formula is C22H22N2O3S. The number of anilines is 1. The predicted octanol–water partition coefficient (Wildman–Crippen LogP) is 4.89. The van der Waals surface area contributed by atoms with E-state index in [0.717, 1.165) is 24.8 Å². The van der Waals surface area contributed by atoms with Gasteiger partial charge < -0.3 is 4.42 Å². The van der Waals surface area contributed by atoms with Crippen LogP contribution in [0.25, 0.3) is 0 Å². The van der Waals surface area contributed by atoms with Crippen molar-refractivity contribution in [3.05, 3.63) is 90.0 Å². The number of rotatable bonds is 6. The number of allylic oxidation sites excluding steroid dienone is 2. The first-order valence-electron chi connectivity index (χ1n) is 9.40. The van der Waals surface area contributed by atoms with Gasteiger partial charge in [0.25, 0.3) is 10.0 Å². The Morgan fingerprint density at radius 2 is 1.75 bits per heavy atom. The van der Waals surface area contributed by atoms with E-state index in [1.54, 1.807) is 30.3 Å². The summed E-state index contributed by atoms with van der Waals surface area (Å²) < 4.78 is 34.1. The minimum Gasteiger partial charge on any atom is -0.424 e. The summed E-state index contributed by atoms with van der Waals surface area (Å²) in [5.41, 5.74) is 1.72. The highest BCUT2D eigenvalue weighted by atomic mass is 32.2. The lowest BCUT2D eigenvalue weighted by Crippen LogP contribution is -2.14. The van der Waals surface area contributed by atoms with E-state index in [1.807, 2.05) is 30.3 Å². The Hall–Kier alpha value is -2.86. The lowest BCUT2D eigenvalue weighted by Gasteiger charge is -2.15. The van der Waals surface area contributed by atoms with Crippen LogP contribution in [0.4, 0.5) is 5.88 Å². The third kappa shape index (κ3) is 4.17. The number of nitrogens with zero attached hydrogens (tertiary/aromatic N) is 1. The number of hydrogen-bond acceptors (Lipinski definition) is 4. The van der Waals surface area contributed by atoms with Gasteiger partial charge in [-0.15, -0.1) is 0 Å². The summed E-state index contributed by atoms with van der Waals surface area (Å²) in [6, 6.07) is 18.2. The highest BCUT2D eigenvalue weighted by Gasteiger charge is 2.25. The minimum atomic E-state index is -3.74. The molecule has 0 saturated carbocycles. The standard InChI is InChI=1S/C22H22N2O3S/c25-28(26,19-14-8-3-9-15-19)24-22-21(18-12-6-2-7-13-18)23-20(27-22)16-17-10-4-1-5-11-17/h1,3-6,8-12,14-15,18,24H,2,7,13,16H2. The Morgan fingerprint density at radius 1 is 1.04 bits per heavy atom. The maximum atomic E-state index is 12.8. The largest absolute Gasteiger partial charge is 0.424 e. The van der Waals surface area contributed by atoms with E-state index in [9.17, 15) is 8.42 Å². The molecule has 3 aromatic rings. The lowest BCUT2D eigenvalue weighted by molar-refractivity contribution is 0.520. The molecule has 1 aliphatic rings. The molecule has 1 N–H and O–H groups in total. The van der Waals surface area contributed by atoms with Crippen LogP contribution in [-0.2, 0) is 16.4 Å². The summed E-state index contributed by atoms with van der Waals surface area (Å²) in [5.74, 6) is 0.771. The monoisotopic (exact) mass is 394 g/mol. The van der Waals surface area contributed by atoms with Crippen molar-refractivity contribution in [2.24, 2.45) is 0 Å². The Kier molecular flexibility index (Phi) is 5.30. The SMILES string of the molecule is O=S(=O)(Nc1oc(Cc2ccccc2)nc1C1C=CCCC1)c1ccccc1. The molecule has 28 heavy (non-hydrogen) atoms. The number of oxazole rings is 1. The fourth-order valence-electron chi connectivity index (χ4n) is 3.37. The molecule has 0 aliphatic heterocycles. The zero-order chi connectivity index (χ0) is 19.4. The molecule has 0 fully saturated rings. The van der Waals surface area contributed by atoms with Gasteiger partial charge in [-0.3, -0.25) is 0 Å². The van der Waals surface area contributed by atoms with Gasteiger partial charge in [-0.05, 0) is 37.0 Å². The van der Waals surface area contributed by atoms with Gasteiger partial charge in [0, 0.05) is 12.3 Å². The van der Waals surface area contributed by atoms with Gasteiger partial charge in [-0.2, -0.15) is 0 Å². The van der Waals surface area contributed by atoms with Crippen molar-refractivity contribution in [1.29, 1.82) is 0 Å². The maximum absolute atomic E-state index is 12.8. The van der Waals surface area contributed by atoms with E-state index in [0.29, 0.717) is 18.0 Å². The number of benzene rings is 2. The topological polar surface area (TPSA) is 72.2 Å². The summed E-state index contributed by atoms with van der Waals surface area (Å²) >= 11 is 0. The van der Waals surface area contributed by atoms with E-state index in [4.69, 9.17) is 4.42 Å². The van der Waals surface area contributed by atoms with Crippen molar-refractivity contribution < 1.29 is 12.8 Å². The normalized spacial score (nSPS) is 16.8. The summed E-state index contributed by atoms with van der Waals surface area (Å²) in [7, 11) is -3.74. The van der Waals surface area contributed by atoms with Gasteiger partial charge in [0.1, 0.15) is 5.69 Å². The molecule has 5 nitrogen and oxygen atoms in total. The molecule has 4 rings (SSSR count). The second-order valence-corrected chi connectivity index (χ2v) is 8.55. The maximum Gasteiger partial charge on any atom is 0.264 e. The van der Waals surface area contributed by atoms with Crippen molar-refractivity contribution in [3.63, 3.8) is 0 Å². The van der Waals surface area contributed by atoms with Crippen molar-refractivity contribution in [2.75, 3.05) is 4.72 Å². The number of nitrogens with one attached hydrogen (secondary N) is 1. The molecule has 1 heterocycles. The Balaban J connectivity index is 1.68. The predicted molar refractivity (Wildman–Crippen MR) is 109 cm³/mol. The molecule has 0 spiro atoms. The van der Waals surface area contributed by atoms with Gasteiger partial charge in [0.05, 0.1) is 4.90 Å². The number of hydrogen-bond donors (Lipinski definition) is 1. The molecule has 1 unspecified atom stereocenters. The van der Waals surface area contributed by atoms with E-state index >= 15 is 0 Å². The fraction of sp³-hybridized carbons (Fsp3) is 0.227. The average molecular weight is 394 g/mol. The van der Waals surface area contributed by atoms with Crippen LogP contribution in [0.2, 0.25) is 0 Å². The van der Waals surface area contributed by atoms with E-state index in [2.05, 4.69) is 21.9 Å². The van der Waals surface area contributed by atoms with Gasteiger partial charge in [0.15, 0.2) is 0 Å². The summed E-state index contributed by atoms with van der Waals surface area (Å²) in [6.45, 7) is 0. The average Bonchev–Trinajstić information content (AvgIpc) is 3.11. The van der Waals surface area contributed by atoms with Crippen LogP contribution in [-0.4, -0.2) is 13.4 Å². The molecule has 0 radical (unpaired) electrons. The smallest absolute Gasteiger partial charge is 0.264 e. The summed E-state index contributed by atoms with van der Waals surface area (Å²) in [5, 5.41) is 0. The molecule has 144 valence electrons. The molecule has 1 aromatic heterocycles. The first-order chi connectivity index (χ1) is 13.6. The van der Waals surface area contributed by atoms with E-state index < -0.39 is 10.0 Å². The highest BCUT2D eigenvalue weighted by molar-refractivity contribution is 7.92. The van der Waals surface area contributed by atoms with Crippen LogP contribution in [0.15, 0.2) is 82.1 Å². The molecule has 0 amide bonds. The Morgan fingerprint density at radius 3 is 2.43 bits per heavy atom. The Labute approximate surface area is 165 Å². The van der Waals surface area contributed by atoms with Crippen LogP contribution >= 0.6 is 0 Å². The summed E-state index contributed by atoms with van der Waals surface area (Å²) in [4.78, 5) is 4.86. The molecule has 0 saturated heterocycles. The molecule has 0 bridgehead atoms. The van der Waals surface area contributed by atoms with E-state index in [1.165, 1.54) is 0 Å². The molecule has 6 heteroatoms. The van der Waals surface area contributed by atoms with Crippen molar-refractivity contribution in [2.45, 2.75) is 36.5 Å². The van der Waals surface area contributed by atoms with Crippen molar-refractivity contribution >= 4 is 15.9 Å². The zero-order valence-electron chi connectivity index (χ0n) is 15.4. The van der Waals surface area contributed by atoms with Crippen LogP contribution in [0.5, 0.6) is 0 Å². The lowest BCUT2D eigenvalue weighted by atomic mass is 9.93. The van der Waals surface area contributed by atoms with Gasteiger partial charge in [-0.1, -0.05) is 60.7 Å². The van der Waals surface area contributed by atoms with Crippen molar-refractivity contribution in [3.8, 4) is 0 Å². The molecular weight excluding hydrogens is 372 g/mol. The third-order valence-corrected chi connectivity index (χ3v) is 6.13. The third-order valence-electron chi connectivity index (χ3n) is 4.78.